The largest absolute Gasteiger partial charge is 0.460 e. The third-order valence-corrected chi connectivity index (χ3v) is 2.66. The standard InChI is InChI=1S/C10H11F5O5/c1-3-6(16)19-4-5-7(18-2)8(11,12)9(17,20-5)10(13,14)15/h3,5,7,17H,1,4H2,2H3. The Balaban J connectivity index is 3.01. The Hall–Kier alpha value is -1.26. The second kappa shape index (κ2) is 5.26. The fraction of sp³-hybridized carbons (Fsp3) is 0.700. The molecule has 3 unspecified atom stereocenters. The van der Waals surface area contributed by atoms with Crippen molar-refractivity contribution < 1.29 is 46.1 Å². The number of ether oxygens (including phenoxy) is 3. The molecule has 20 heavy (non-hydrogen) atoms. The number of aliphatic hydroxyl groups is 1. The van der Waals surface area contributed by atoms with Crippen LogP contribution in [-0.4, -0.2) is 54.9 Å². The van der Waals surface area contributed by atoms with Crippen LogP contribution in [-0.2, 0) is 19.0 Å². The van der Waals surface area contributed by atoms with Crippen LogP contribution in [0.5, 0.6) is 0 Å². The van der Waals surface area contributed by atoms with E-state index in [4.69, 9.17) is 5.11 Å². The Labute approximate surface area is 109 Å². The van der Waals surface area contributed by atoms with Gasteiger partial charge in [0, 0.05) is 13.2 Å². The number of carbonyl (C=O) groups is 1. The van der Waals surface area contributed by atoms with Crippen LogP contribution in [0.2, 0.25) is 0 Å². The fourth-order valence-corrected chi connectivity index (χ4v) is 1.69. The van der Waals surface area contributed by atoms with E-state index in [0.717, 1.165) is 0 Å². The summed E-state index contributed by atoms with van der Waals surface area (Å²) in [5.74, 6) is -10.5. The Morgan fingerprint density at radius 2 is 2.05 bits per heavy atom. The third-order valence-electron chi connectivity index (χ3n) is 2.66. The average molecular weight is 306 g/mol. The average Bonchev–Trinajstić information content (AvgIpc) is 2.53. The molecule has 0 aromatic rings. The summed E-state index contributed by atoms with van der Waals surface area (Å²) >= 11 is 0. The van der Waals surface area contributed by atoms with Crippen LogP contribution in [0.4, 0.5) is 22.0 Å². The summed E-state index contributed by atoms with van der Waals surface area (Å²) in [5.41, 5.74) is 0. The lowest BCUT2D eigenvalue weighted by Crippen LogP contribution is -2.59. The lowest BCUT2D eigenvalue weighted by atomic mass is 10.0. The zero-order chi connectivity index (χ0) is 15.8. The molecule has 0 amide bonds. The van der Waals surface area contributed by atoms with E-state index in [-0.39, 0.29) is 0 Å². The Bertz CT molecular complexity index is 396. The summed E-state index contributed by atoms with van der Waals surface area (Å²) in [7, 11) is 0.715. The SMILES string of the molecule is C=CC(=O)OCC1OC(O)(C(F)(F)F)C(F)(F)C1OC. The first-order valence-electron chi connectivity index (χ1n) is 5.18. The zero-order valence-electron chi connectivity index (χ0n) is 10.1. The van der Waals surface area contributed by atoms with Crippen LogP contribution in [0.25, 0.3) is 0 Å². The number of esters is 1. The van der Waals surface area contributed by atoms with E-state index in [2.05, 4.69) is 20.8 Å². The van der Waals surface area contributed by atoms with Crippen molar-refractivity contribution in [1.29, 1.82) is 0 Å². The van der Waals surface area contributed by atoms with Crippen molar-refractivity contribution in [3.05, 3.63) is 12.7 Å². The molecule has 1 saturated heterocycles. The van der Waals surface area contributed by atoms with Gasteiger partial charge in [-0.3, -0.25) is 0 Å². The Kier molecular flexibility index (Phi) is 4.42. The van der Waals surface area contributed by atoms with Gasteiger partial charge in [0.25, 0.3) is 0 Å². The molecule has 1 rings (SSSR count). The molecule has 0 aliphatic carbocycles. The van der Waals surface area contributed by atoms with Crippen molar-refractivity contribution >= 4 is 5.97 Å². The second-order valence-electron chi connectivity index (χ2n) is 3.91. The summed E-state index contributed by atoms with van der Waals surface area (Å²) in [6, 6.07) is 0. The van der Waals surface area contributed by atoms with Crippen LogP contribution < -0.4 is 0 Å². The predicted octanol–water partition coefficient (Wildman–Crippen LogP) is 1.02. The van der Waals surface area contributed by atoms with Crippen molar-refractivity contribution in [1.82, 2.24) is 0 Å². The fourth-order valence-electron chi connectivity index (χ4n) is 1.69. The van der Waals surface area contributed by atoms with Gasteiger partial charge in [0.15, 0.2) is 6.10 Å². The molecule has 0 radical (unpaired) electrons. The smallest absolute Gasteiger partial charge is 0.449 e. The van der Waals surface area contributed by atoms with Gasteiger partial charge in [-0.15, -0.1) is 0 Å². The maximum atomic E-state index is 13.6. The molecule has 0 aromatic heterocycles. The first-order chi connectivity index (χ1) is 9.01. The van der Waals surface area contributed by atoms with E-state index in [1.54, 1.807) is 0 Å². The molecule has 116 valence electrons. The van der Waals surface area contributed by atoms with E-state index in [1.807, 2.05) is 0 Å². The number of carbonyl (C=O) groups excluding carboxylic acids is 1. The second-order valence-corrected chi connectivity index (χ2v) is 3.91. The summed E-state index contributed by atoms with van der Waals surface area (Å²) < 4.78 is 77.5. The highest BCUT2D eigenvalue weighted by Gasteiger charge is 2.80. The molecule has 5 nitrogen and oxygen atoms in total. The highest BCUT2D eigenvalue weighted by Crippen LogP contribution is 2.51. The highest BCUT2D eigenvalue weighted by molar-refractivity contribution is 5.81. The van der Waals surface area contributed by atoms with Crippen LogP contribution in [0.15, 0.2) is 12.7 Å². The minimum atomic E-state index is -5.76. The number of hydrogen-bond donors (Lipinski definition) is 1. The van der Waals surface area contributed by atoms with Crippen LogP contribution in [0, 0.1) is 0 Å². The maximum Gasteiger partial charge on any atom is 0.449 e. The van der Waals surface area contributed by atoms with Crippen LogP contribution >= 0.6 is 0 Å². The van der Waals surface area contributed by atoms with Crippen molar-refractivity contribution in [2.75, 3.05) is 13.7 Å². The van der Waals surface area contributed by atoms with Gasteiger partial charge in [0.1, 0.15) is 12.7 Å². The molecule has 0 aromatic carbocycles. The molecule has 3 atom stereocenters. The van der Waals surface area contributed by atoms with Gasteiger partial charge in [0.2, 0.25) is 0 Å². The summed E-state index contributed by atoms with van der Waals surface area (Å²) in [6.07, 6.45) is -9.51. The number of alkyl halides is 5. The molecular formula is C10H11F5O5. The molecule has 0 spiro atoms. The van der Waals surface area contributed by atoms with Gasteiger partial charge in [-0.05, 0) is 0 Å². The zero-order valence-corrected chi connectivity index (χ0v) is 10.1. The third kappa shape index (κ3) is 2.50. The maximum absolute atomic E-state index is 13.6. The topological polar surface area (TPSA) is 65.0 Å². The first kappa shape index (κ1) is 16.8. The van der Waals surface area contributed by atoms with Gasteiger partial charge in [-0.2, -0.15) is 22.0 Å². The molecule has 1 N–H and O–H groups in total. The first-order valence-corrected chi connectivity index (χ1v) is 5.18. The van der Waals surface area contributed by atoms with Crippen molar-refractivity contribution in [3.63, 3.8) is 0 Å². The minimum absolute atomic E-state index is 0.685. The molecule has 1 heterocycles. The van der Waals surface area contributed by atoms with Gasteiger partial charge in [-0.25, -0.2) is 4.79 Å². The molecule has 1 aliphatic rings. The highest BCUT2D eigenvalue weighted by atomic mass is 19.4. The summed E-state index contributed by atoms with van der Waals surface area (Å²) in [4.78, 5) is 10.8. The van der Waals surface area contributed by atoms with E-state index in [0.29, 0.717) is 13.2 Å². The molecule has 0 saturated carbocycles. The van der Waals surface area contributed by atoms with E-state index < -0.39 is 42.7 Å². The molecule has 1 aliphatic heterocycles. The van der Waals surface area contributed by atoms with Gasteiger partial charge in [0.05, 0.1) is 0 Å². The van der Waals surface area contributed by atoms with E-state index >= 15 is 0 Å². The molecular weight excluding hydrogens is 295 g/mol. The predicted molar refractivity (Wildman–Crippen MR) is 52.8 cm³/mol. The molecule has 0 bridgehead atoms. The molecule has 1 fully saturated rings. The van der Waals surface area contributed by atoms with Crippen molar-refractivity contribution in [3.8, 4) is 0 Å². The summed E-state index contributed by atoms with van der Waals surface area (Å²) in [5, 5.41) is 9.11. The number of methoxy groups -OCH3 is 1. The number of hydrogen-bond acceptors (Lipinski definition) is 5. The normalized spacial score (nSPS) is 33.0. The van der Waals surface area contributed by atoms with Gasteiger partial charge < -0.3 is 19.3 Å². The Morgan fingerprint density at radius 1 is 1.50 bits per heavy atom. The number of halogens is 5. The number of rotatable bonds is 4. The van der Waals surface area contributed by atoms with Gasteiger partial charge >= 0.3 is 23.9 Å². The quantitative estimate of drug-likeness (QED) is 0.477. The summed E-state index contributed by atoms with van der Waals surface area (Å²) in [6.45, 7) is 2.06. The van der Waals surface area contributed by atoms with Crippen LogP contribution in [0.3, 0.4) is 0 Å². The minimum Gasteiger partial charge on any atom is -0.460 e. The Morgan fingerprint density at radius 3 is 2.45 bits per heavy atom. The van der Waals surface area contributed by atoms with Gasteiger partial charge in [-0.1, -0.05) is 6.58 Å². The van der Waals surface area contributed by atoms with Crippen molar-refractivity contribution in [2.24, 2.45) is 0 Å². The lowest BCUT2D eigenvalue weighted by molar-refractivity contribution is -0.409. The molecule has 10 heteroatoms. The van der Waals surface area contributed by atoms with Crippen molar-refractivity contribution in [2.45, 2.75) is 30.1 Å². The monoisotopic (exact) mass is 306 g/mol. The van der Waals surface area contributed by atoms with E-state index in [1.165, 1.54) is 0 Å². The van der Waals surface area contributed by atoms with Crippen LogP contribution in [0.1, 0.15) is 0 Å². The lowest BCUT2D eigenvalue weighted by Gasteiger charge is -2.30. The van der Waals surface area contributed by atoms with E-state index in [9.17, 15) is 26.7 Å².